The van der Waals surface area contributed by atoms with E-state index in [1.54, 1.807) is 9.80 Å². The van der Waals surface area contributed by atoms with E-state index in [2.05, 4.69) is 29.6 Å². The first-order valence-corrected chi connectivity index (χ1v) is 7.34. The van der Waals surface area contributed by atoms with Crippen molar-refractivity contribution < 1.29 is 9.59 Å². The smallest absolute Gasteiger partial charge is 0.242 e. The summed E-state index contributed by atoms with van der Waals surface area (Å²) in [7, 11) is 1.87. The third-order valence-corrected chi connectivity index (χ3v) is 3.97. The number of rotatable bonds is 5. The number of aryl methyl sites for hydroxylation is 1. The van der Waals surface area contributed by atoms with Crippen LogP contribution in [-0.4, -0.2) is 54.8 Å². The lowest BCUT2D eigenvalue weighted by Gasteiger charge is -2.35. The van der Waals surface area contributed by atoms with Crippen LogP contribution in [0.15, 0.2) is 24.3 Å². The number of carbonyl (C=O) groups excluding carboxylic acids is 2. The van der Waals surface area contributed by atoms with E-state index in [4.69, 9.17) is 0 Å². The summed E-state index contributed by atoms with van der Waals surface area (Å²) < 4.78 is 0. The number of hydrogen-bond donors (Lipinski definition) is 1. The molecule has 5 nitrogen and oxygen atoms in total. The SMILES string of the molecule is CCN1CC(=O)N(CC(NC)c2ccc(C)cc2)CC1=O. The van der Waals surface area contributed by atoms with Crippen molar-refractivity contribution in [2.45, 2.75) is 19.9 Å². The number of nitrogens with zero attached hydrogens (tertiary/aromatic N) is 2. The van der Waals surface area contributed by atoms with Crippen molar-refractivity contribution in [2.24, 2.45) is 0 Å². The van der Waals surface area contributed by atoms with Crippen LogP contribution in [0.25, 0.3) is 0 Å². The Morgan fingerprint density at radius 1 is 1.10 bits per heavy atom. The molecule has 1 aromatic rings. The minimum atomic E-state index is 0.0174. The quantitative estimate of drug-likeness (QED) is 0.878. The fourth-order valence-electron chi connectivity index (χ4n) is 2.54. The van der Waals surface area contributed by atoms with E-state index in [1.165, 1.54) is 5.56 Å². The molecule has 1 atom stereocenters. The van der Waals surface area contributed by atoms with E-state index < -0.39 is 0 Å². The molecule has 2 rings (SSSR count). The summed E-state index contributed by atoms with van der Waals surface area (Å²) in [5, 5.41) is 3.23. The zero-order valence-electron chi connectivity index (χ0n) is 12.9. The highest BCUT2D eigenvalue weighted by molar-refractivity contribution is 5.92. The van der Waals surface area contributed by atoms with Crippen LogP contribution in [-0.2, 0) is 9.59 Å². The first kappa shape index (κ1) is 15.5. The fourth-order valence-corrected chi connectivity index (χ4v) is 2.54. The Labute approximate surface area is 125 Å². The highest BCUT2D eigenvalue weighted by atomic mass is 16.2. The predicted octanol–water partition coefficient (Wildman–Crippen LogP) is 0.946. The molecule has 1 unspecified atom stereocenters. The van der Waals surface area contributed by atoms with Crippen LogP contribution >= 0.6 is 0 Å². The van der Waals surface area contributed by atoms with Crippen molar-refractivity contribution in [1.82, 2.24) is 15.1 Å². The van der Waals surface area contributed by atoms with Crippen LogP contribution in [0.3, 0.4) is 0 Å². The van der Waals surface area contributed by atoms with Gasteiger partial charge in [-0.2, -0.15) is 0 Å². The molecule has 0 saturated carbocycles. The lowest BCUT2D eigenvalue weighted by atomic mass is 10.0. The highest BCUT2D eigenvalue weighted by Gasteiger charge is 2.30. The summed E-state index contributed by atoms with van der Waals surface area (Å²) in [5.41, 5.74) is 2.33. The average Bonchev–Trinajstić information content (AvgIpc) is 2.48. The zero-order chi connectivity index (χ0) is 15.4. The van der Waals surface area contributed by atoms with Gasteiger partial charge >= 0.3 is 0 Å². The zero-order valence-corrected chi connectivity index (χ0v) is 12.9. The number of carbonyl (C=O) groups is 2. The topological polar surface area (TPSA) is 52.7 Å². The van der Waals surface area contributed by atoms with Crippen molar-refractivity contribution in [3.63, 3.8) is 0 Å². The highest BCUT2D eigenvalue weighted by Crippen LogP contribution is 2.16. The van der Waals surface area contributed by atoms with Gasteiger partial charge in [-0.05, 0) is 26.5 Å². The van der Waals surface area contributed by atoms with E-state index in [0.29, 0.717) is 13.1 Å². The van der Waals surface area contributed by atoms with Gasteiger partial charge in [0.2, 0.25) is 11.8 Å². The molecule has 1 N–H and O–H groups in total. The molecule has 5 heteroatoms. The van der Waals surface area contributed by atoms with Crippen LogP contribution in [0.2, 0.25) is 0 Å². The number of likely N-dealkylation sites (N-methyl/N-ethyl adjacent to an activating group) is 2. The normalized spacial score (nSPS) is 17.3. The first-order valence-electron chi connectivity index (χ1n) is 7.34. The largest absolute Gasteiger partial charge is 0.332 e. The lowest BCUT2D eigenvalue weighted by molar-refractivity contribution is -0.150. The van der Waals surface area contributed by atoms with Gasteiger partial charge in [0.1, 0.15) is 0 Å². The van der Waals surface area contributed by atoms with Crippen molar-refractivity contribution in [2.75, 3.05) is 33.2 Å². The third-order valence-electron chi connectivity index (χ3n) is 3.97. The van der Waals surface area contributed by atoms with Crippen LogP contribution in [0, 0.1) is 6.92 Å². The number of piperazine rings is 1. The fraction of sp³-hybridized carbons (Fsp3) is 0.500. The van der Waals surface area contributed by atoms with Gasteiger partial charge in [0.05, 0.1) is 13.1 Å². The van der Waals surface area contributed by atoms with Crippen LogP contribution in [0.4, 0.5) is 0 Å². The van der Waals surface area contributed by atoms with Gasteiger partial charge in [0, 0.05) is 19.1 Å². The standard InChI is InChI=1S/C16H23N3O2/c1-4-18-10-16(21)19(11-15(18)20)9-14(17-3)13-7-5-12(2)6-8-13/h5-8,14,17H,4,9-11H2,1-3H3. The molecule has 1 fully saturated rings. The van der Waals surface area contributed by atoms with Crippen LogP contribution in [0.1, 0.15) is 24.1 Å². The summed E-state index contributed by atoms with van der Waals surface area (Å²) in [6.45, 7) is 5.41. The Morgan fingerprint density at radius 2 is 1.67 bits per heavy atom. The minimum Gasteiger partial charge on any atom is -0.332 e. The van der Waals surface area contributed by atoms with E-state index in [9.17, 15) is 9.59 Å². The Kier molecular flexibility index (Phi) is 4.96. The maximum Gasteiger partial charge on any atom is 0.242 e. The Hall–Kier alpha value is -1.88. The molecule has 0 aliphatic carbocycles. The van der Waals surface area contributed by atoms with Crippen LogP contribution < -0.4 is 5.32 Å². The molecule has 0 radical (unpaired) electrons. The molecule has 1 saturated heterocycles. The average molecular weight is 289 g/mol. The maximum absolute atomic E-state index is 12.2. The Balaban J connectivity index is 2.06. The molecule has 21 heavy (non-hydrogen) atoms. The molecule has 1 aromatic carbocycles. The Bertz CT molecular complexity index is 513. The predicted molar refractivity (Wildman–Crippen MR) is 81.8 cm³/mol. The van der Waals surface area contributed by atoms with Gasteiger partial charge in [-0.15, -0.1) is 0 Å². The van der Waals surface area contributed by atoms with Crippen molar-refractivity contribution in [3.8, 4) is 0 Å². The molecule has 114 valence electrons. The second kappa shape index (κ2) is 6.72. The van der Waals surface area contributed by atoms with Crippen LogP contribution in [0.5, 0.6) is 0 Å². The summed E-state index contributed by atoms with van der Waals surface area (Å²) in [4.78, 5) is 27.3. The molecular formula is C16H23N3O2. The molecule has 1 heterocycles. The van der Waals surface area contributed by atoms with Gasteiger partial charge < -0.3 is 15.1 Å². The molecule has 2 amide bonds. The van der Waals surface area contributed by atoms with Crippen molar-refractivity contribution in [1.29, 1.82) is 0 Å². The van der Waals surface area contributed by atoms with E-state index >= 15 is 0 Å². The number of nitrogens with one attached hydrogen (secondary N) is 1. The second-order valence-corrected chi connectivity index (χ2v) is 5.43. The summed E-state index contributed by atoms with van der Waals surface area (Å²) in [6.07, 6.45) is 0. The van der Waals surface area contributed by atoms with Crippen molar-refractivity contribution in [3.05, 3.63) is 35.4 Å². The molecule has 1 aliphatic heterocycles. The van der Waals surface area contributed by atoms with Gasteiger partial charge in [-0.1, -0.05) is 29.8 Å². The molecule has 0 aromatic heterocycles. The van der Waals surface area contributed by atoms with Crippen molar-refractivity contribution >= 4 is 11.8 Å². The summed E-state index contributed by atoms with van der Waals surface area (Å²) in [6, 6.07) is 8.27. The van der Waals surface area contributed by atoms with Gasteiger partial charge in [0.15, 0.2) is 0 Å². The minimum absolute atomic E-state index is 0.0174. The first-order chi connectivity index (χ1) is 10.0. The van der Waals surface area contributed by atoms with Gasteiger partial charge in [-0.3, -0.25) is 9.59 Å². The maximum atomic E-state index is 12.2. The molecule has 0 spiro atoms. The third kappa shape index (κ3) is 3.61. The van der Waals surface area contributed by atoms with Gasteiger partial charge in [0.25, 0.3) is 0 Å². The lowest BCUT2D eigenvalue weighted by Crippen LogP contribution is -2.55. The van der Waals surface area contributed by atoms with Gasteiger partial charge in [-0.25, -0.2) is 0 Å². The molecule has 0 bridgehead atoms. The van der Waals surface area contributed by atoms with E-state index in [-0.39, 0.29) is 30.9 Å². The second-order valence-electron chi connectivity index (χ2n) is 5.43. The monoisotopic (exact) mass is 289 g/mol. The molecule has 1 aliphatic rings. The molecular weight excluding hydrogens is 266 g/mol. The van der Waals surface area contributed by atoms with E-state index in [1.807, 2.05) is 20.9 Å². The number of hydrogen-bond acceptors (Lipinski definition) is 3. The number of benzene rings is 1. The Morgan fingerprint density at radius 3 is 2.24 bits per heavy atom. The number of amides is 2. The summed E-state index contributed by atoms with van der Waals surface area (Å²) in [5.74, 6) is 0.0414. The van der Waals surface area contributed by atoms with E-state index in [0.717, 1.165) is 5.56 Å². The summed E-state index contributed by atoms with van der Waals surface area (Å²) >= 11 is 0.